The van der Waals surface area contributed by atoms with E-state index in [1.807, 2.05) is 36.4 Å². The Labute approximate surface area is 135 Å². The smallest absolute Gasteiger partial charge is 0.361 e. The minimum Gasteiger partial charge on any atom is -0.489 e. The predicted octanol–water partition coefficient (Wildman–Crippen LogP) is 3.18. The van der Waals surface area contributed by atoms with Gasteiger partial charge >= 0.3 is 5.97 Å². The van der Waals surface area contributed by atoms with Crippen LogP contribution in [0.1, 0.15) is 18.1 Å². The molecule has 0 aromatic heterocycles. The van der Waals surface area contributed by atoms with Gasteiger partial charge in [0.15, 0.2) is 5.71 Å². The summed E-state index contributed by atoms with van der Waals surface area (Å²) in [6, 6.07) is 16.9. The lowest BCUT2D eigenvalue weighted by molar-refractivity contribution is -0.135. The number of benzene rings is 2. The molecule has 23 heavy (non-hydrogen) atoms. The molecule has 0 bridgehead atoms. The number of hydrogen-bond donors (Lipinski definition) is 0. The molecule has 0 aliphatic heterocycles. The molecule has 120 valence electrons. The first-order chi connectivity index (χ1) is 11.2. The Kier molecular flexibility index (Phi) is 6.17. The zero-order chi connectivity index (χ0) is 16.5. The van der Waals surface area contributed by atoms with E-state index in [1.165, 1.54) is 7.11 Å². The van der Waals surface area contributed by atoms with Crippen molar-refractivity contribution in [2.45, 2.75) is 13.5 Å². The second-order valence-electron chi connectivity index (χ2n) is 4.65. The molecule has 0 atom stereocenters. The van der Waals surface area contributed by atoms with Gasteiger partial charge in [-0.05, 0) is 24.6 Å². The number of esters is 1. The van der Waals surface area contributed by atoms with E-state index in [1.54, 1.807) is 25.1 Å². The van der Waals surface area contributed by atoms with E-state index in [9.17, 15) is 4.79 Å². The molecule has 2 aromatic carbocycles. The van der Waals surface area contributed by atoms with Gasteiger partial charge in [-0.2, -0.15) is 0 Å². The first-order valence-electron chi connectivity index (χ1n) is 7.30. The van der Waals surface area contributed by atoms with E-state index in [4.69, 9.17) is 14.3 Å². The zero-order valence-corrected chi connectivity index (χ0v) is 13.2. The summed E-state index contributed by atoms with van der Waals surface area (Å²) in [7, 11) is 1.38. The molecule has 5 nitrogen and oxygen atoms in total. The van der Waals surface area contributed by atoms with Crippen LogP contribution in [-0.2, 0) is 21.0 Å². The highest BCUT2D eigenvalue weighted by Gasteiger charge is 2.17. The van der Waals surface area contributed by atoms with Crippen LogP contribution in [0.5, 0.6) is 5.75 Å². The van der Waals surface area contributed by atoms with Crippen molar-refractivity contribution in [1.82, 2.24) is 0 Å². The largest absolute Gasteiger partial charge is 0.489 e. The van der Waals surface area contributed by atoms with Gasteiger partial charge in [0.1, 0.15) is 19.5 Å². The van der Waals surface area contributed by atoms with E-state index in [-0.39, 0.29) is 12.3 Å². The number of carbonyl (C=O) groups is 1. The number of rotatable bonds is 7. The van der Waals surface area contributed by atoms with Crippen molar-refractivity contribution >= 4 is 11.7 Å². The molecule has 0 fully saturated rings. The second-order valence-corrected chi connectivity index (χ2v) is 4.65. The summed E-state index contributed by atoms with van der Waals surface area (Å²) in [6.07, 6.45) is 0. The molecule has 0 spiro atoms. The maximum absolute atomic E-state index is 12.0. The van der Waals surface area contributed by atoms with Gasteiger partial charge in [0, 0.05) is 5.56 Å². The lowest BCUT2D eigenvalue weighted by Gasteiger charge is -2.09. The molecule has 0 saturated carbocycles. The van der Waals surface area contributed by atoms with Crippen LogP contribution in [0.4, 0.5) is 0 Å². The van der Waals surface area contributed by atoms with Crippen molar-refractivity contribution in [1.29, 1.82) is 0 Å². The SMILES string of the molecule is CCOC(=O)/C(=N\OC)c1cccc(OCc2ccccc2)c1. The van der Waals surface area contributed by atoms with Crippen molar-refractivity contribution in [2.75, 3.05) is 13.7 Å². The van der Waals surface area contributed by atoms with Gasteiger partial charge in [0.05, 0.1) is 6.61 Å². The highest BCUT2D eigenvalue weighted by Crippen LogP contribution is 2.16. The van der Waals surface area contributed by atoms with Crippen LogP contribution in [0, 0.1) is 0 Å². The first kappa shape index (κ1) is 16.5. The van der Waals surface area contributed by atoms with Crippen molar-refractivity contribution in [3.63, 3.8) is 0 Å². The van der Waals surface area contributed by atoms with Crippen LogP contribution in [0.3, 0.4) is 0 Å². The van der Waals surface area contributed by atoms with Gasteiger partial charge < -0.3 is 14.3 Å². The van der Waals surface area contributed by atoms with Gasteiger partial charge in [0.2, 0.25) is 0 Å². The summed E-state index contributed by atoms with van der Waals surface area (Å²) in [5.74, 6) is 0.106. The summed E-state index contributed by atoms with van der Waals surface area (Å²) >= 11 is 0. The fourth-order valence-electron chi connectivity index (χ4n) is 1.97. The van der Waals surface area contributed by atoms with Gasteiger partial charge in [0.25, 0.3) is 0 Å². The van der Waals surface area contributed by atoms with Gasteiger partial charge in [-0.25, -0.2) is 4.79 Å². The number of oxime groups is 1. The third-order valence-corrected chi connectivity index (χ3v) is 3.01. The molecular formula is C18H19NO4. The molecular weight excluding hydrogens is 294 g/mol. The van der Waals surface area contributed by atoms with E-state index >= 15 is 0 Å². The number of hydrogen-bond acceptors (Lipinski definition) is 5. The highest BCUT2D eigenvalue weighted by atomic mass is 16.6. The summed E-state index contributed by atoms with van der Waals surface area (Å²) in [6.45, 7) is 2.45. The first-order valence-corrected chi connectivity index (χ1v) is 7.30. The van der Waals surface area contributed by atoms with E-state index in [0.29, 0.717) is 17.9 Å². The van der Waals surface area contributed by atoms with E-state index in [2.05, 4.69) is 5.16 Å². The molecule has 2 rings (SSSR count). The topological polar surface area (TPSA) is 57.1 Å². The van der Waals surface area contributed by atoms with Crippen molar-refractivity contribution < 1.29 is 19.1 Å². The molecule has 0 aliphatic carbocycles. The van der Waals surface area contributed by atoms with Crippen LogP contribution >= 0.6 is 0 Å². The molecule has 0 amide bonds. The number of ether oxygens (including phenoxy) is 2. The quantitative estimate of drug-likeness (QED) is 0.447. The standard InChI is InChI=1S/C18H19NO4/c1-3-22-18(20)17(19-21-2)15-10-7-11-16(12-15)23-13-14-8-5-4-6-9-14/h4-12H,3,13H2,1-2H3/b19-17-. The lowest BCUT2D eigenvalue weighted by Crippen LogP contribution is -2.19. The predicted molar refractivity (Wildman–Crippen MR) is 87.4 cm³/mol. The summed E-state index contributed by atoms with van der Waals surface area (Å²) < 4.78 is 10.7. The Hall–Kier alpha value is -2.82. The molecule has 0 heterocycles. The molecule has 0 radical (unpaired) electrons. The van der Waals surface area contributed by atoms with Gasteiger partial charge in [-0.15, -0.1) is 0 Å². The van der Waals surface area contributed by atoms with Crippen LogP contribution in [-0.4, -0.2) is 25.4 Å². The Bertz CT molecular complexity index is 668. The van der Waals surface area contributed by atoms with E-state index in [0.717, 1.165) is 5.56 Å². The monoisotopic (exact) mass is 313 g/mol. The minimum atomic E-state index is -0.533. The third kappa shape index (κ3) is 4.85. The lowest BCUT2D eigenvalue weighted by atomic mass is 10.1. The Morgan fingerprint density at radius 3 is 2.57 bits per heavy atom. The zero-order valence-electron chi connectivity index (χ0n) is 13.2. The van der Waals surface area contributed by atoms with Crippen LogP contribution < -0.4 is 4.74 Å². The number of carbonyl (C=O) groups excluding carboxylic acids is 1. The van der Waals surface area contributed by atoms with Gasteiger partial charge in [-0.3, -0.25) is 0 Å². The fraction of sp³-hybridized carbons (Fsp3) is 0.222. The van der Waals surface area contributed by atoms with E-state index < -0.39 is 5.97 Å². The molecule has 0 unspecified atom stereocenters. The maximum Gasteiger partial charge on any atom is 0.361 e. The Morgan fingerprint density at radius 2 is 1.87 bits per heavy atom. The third-order valence-electron chi connectivity index (χ3n) is 3.01. The molecule has 0 aliphatic rings. The van der Waals surface area contributed by atoms with Crippen molar-refractivity contribution in [2.24, 2.45) is 5.16 Å². The molecule has 2 aromatic rings. The Balaban J connectivity index is 2.14. The Morgan fingerprint density at radius 1 is 1.09 bits per heavy atom. The summed E-state index contributed by atoms with van der Waals surface area (Å²) in [4.78, 5) is 16.7. The molecule has 5 heteroatoms. The molecule has 0 N–H and O–H groups in total. The fourth-order valence-corrected chi connectivity index (χ4v) is 1.97. The average molecular weight is 313 g/mol. The normalized spacial score (nSPS) is 11.0. The second kappa shape index (κ2) is 8.58. The van der Waals surface area contributed by atoms with Crippen LogP contribution in [0.15, 0.2) is 59.8 Å². The highest BCUT2D eigenvalue weighted by molar-refractivity contribution is 6.43. The summed E-state index contributed by atoms with van der Waals surface area (Å²) in [5.41, 5.74) is 1.75. The summed E-state index contributed by atoms with van der Waals surface area (Å²) in [5, 5.41) is 3.76. The van der Waals surface area contributed by atoms with Crippen LogP contribution in [0.25, 0.3) is 0 Å². The van der Waals surface area contributed by atoms with Gasteiger partial charge in [-0.1, -0.05) is 47.6 Å². The molecule has 0 saturated heterocycles. The van der Waals surface area contributed by atoms with Crippen molar-refractivity contribution in [3.05, 3.63) is 65.7 Å². The van der Waals surface area contributed by atoms with Crippen molar-refractivity contribution in [3.8, 4) is 5.75 Å². The maximum atomic E-state index is 12.0. The number of nitrogens with zero attached hydrogens (tertiary/aromatic N) is 1. The minimum absolute atomic E-state index is 0.111. The average Bonchev–Trinajstić information content (AvgIpc) is 2.59. The van der Waals surface area contributed by atoms with Crippen LogP contribution in [0.2, 0.25) is 0 Å².